The van der Waals surface area contributed by atoms with Crippen LogP contribution in [0.3, 0.4) is 0 Å². The summed E-state index contributed by atoms with van der Waals surface area (Å²) < 4.78 is 0. The Bertz CT molecular complexity index is 615. The lowest BCUT2D eigenvalue weighted by molar-refractivity contribution is 0.318. The van der Waals surface area contributed by atoms with Gasteiger partial charge in [0, 0.05) is 11.6 Å². The molecular weight excluding hydrogens is 224 g/mol. The Morgan fingerprint density at radius 3 is 2.89 bits per heavy atom. The molecule has 92 valence electrons. The quantitative estimate of drug-likeness (QED) is 0.502. The average Bonchev–Trinajstić information content (AvgIpc) is 2.40. The second-order valence-electron chi connectivity index (χ2n) is 4.19. The molecule has 0 aliphatic carbocycles. The van der Waals surface area contributed by atoms with Gasteiger partial charge in [0.1, 0.15) is 0 Å². The molecule has 0 atom stereocenters. The number of allylic oxidation sites excluding steroid dienone is 1. The lowest BCUT2D eigenvalue weighted by atomic mass is 10.1. The van der Waals surface area contributed by atoms with Crippen LogP contribution in [0.2, 0.25) is 0 Å². The summed E-state index contributed by atoms with van der Waals surface area (Å²) in [7, 11) is 0. The van der Waals surface area contributed by atoms with E-state index in [-0.39, 0.29) is 0 Å². The molecule has 2 aromatic rings. The van der Waals surface area contributed by atoms with Crippen molar-refractivity contribution in [3.05, 3.63) is 47.7 Å². The zero-order chi connectivity index (χ0) is 13.0. The second kappa shape index (κ2) is 5.45. The van der Waals surface area contributed by atoms with Gasteiger partial charge in [-0.15, -0.1) is 0 Å². The molecule has 1 aromatic heterocycles. The monoisotopic (exact) mass is 240 g/mol. The zero-order valence-electron chi connectivity index (χ0n) is 10.6. The molecule has 0 spiro atoms. The minimum atomic E-state index is 0.697. The molecule has 0 bridgehead atoms. The first-order valence-corrected chi connectivity index (χ1v) is 5.99. The van der Waals surface area contributed by atoms with Gasteiger partial charge in [0.25, 0.3) is 0 Å². The summed E-state index contributed by atoms with van der Waals surface area (Å²) in [4.78, 5) is 4.40. The molecule has 1 N–H and O–H groups in total. The van der Waals surface area contributed by atoms with Gasteiger partial charge >= 0.3 is 0 Å². The highest BCUT2D eigenvalue weighted by Crippen LogP contribution is 2.15. The maximum absolute atomic E-state index is 8.88. The number of oxime groups is 1. The molecule has 0 saturated heterocycles. The highest BCUT2D eigenvalue weighted by molar-refractivity contribution is 6.02. The molecule has 0 radical (unpaired) electrons. The zero-order valence-corrected chi connectivity index (χ0v) is 10.6. The van der Waals surface area contributed by atoms with Crippen LogP contribution in [0.25, 0.3) is 17.0 Å². The van der Waals surface area contributed by atoms with Gasteiger partial charge in [-0.2, -0.15) is 0 Å². The Kier molecular flexibility index (Phi) is 3.72. The molecule has 1 aromatic carbocycles. The van der Waals surface area contributed by atoms with Crippen molar-refractivity contribution in [3.8, 4) is 0 Å². The van der Waals surface area contributed by atoms with Crippen LogP contribution in [0.5, 0.6) is 0 Å². The normalized spacial score (nSPS) is 13.0. The first-order valence-electron chi connectivity index (χ1n) is 5.99. The lowest BCUT2D eigenvalue weighted by Gasteiger charge is -2.03. The smallest absolute Gasteiger partial charge is 0.0822 e. The minimum Gasteiger partial charge on any atom is -0.411 e. The number of hydrogen-bond acceptors (Lipinski definition) is 3. The number of aromatic nitrogens is 1. The van der Waals surface area contributed by atoms with Crippen molar-refractivity contribution >= 4 is 22.7 Å². The number of pyridine rings is 1. The third-order valence-corrected chi connectivity index (χ3v) is 2.91. The summed E-state index contributed by atoms with van der Waals surface area (Å²) in [6, 6.07) is 10.1. The fourth-order valence-electron chi connectivity index (χ4n) is 1.93. The van der Waals surface area contributed by atoms with E-state index in [2.05, 4.69) is 16.2 Å². The highest BCUT2D eigenvalue weighted by atomic mass is 16.4. The van der Waals surface area contributed by atoms with E-state index >= 15 is 0 Å². The van der Waals surface area contributed by atoms with Gasteiger partial charge in [-0.25, -0.2) is 0 Å². The molecule has 2 rings (SSSR count). The SMILES string of the molecule is CCC(=NO)C(C)=Cc1cnc2ccccc2c1. The minimum absolute atomic E-state index is 0.697. The van der Waals surface area contributed by atoms with Crippen LogP contribution in [0, 0.1) is 0 Å². The van der Waals surface area contributed by atoms with Crippen molar-refractivity contribution in [1.29, 1.82) is 0 Å². The molecule has 18 heavy (non-hydrogen) atoms. The summed E-state index contributed by atoms with van der Waals surface area (Å²) >= 11 is 0. The van der Waals surface area contributed by atoms with E-state index in [1.807, 2.05) is 50.4 Å². The molecule has 0 aliphatic rings. The van der Waals surface area contributed by atoms with Crippen LogP contribution >= 0.6 is 0 Å². The number of benzene rings is 1. The van der Waals surface area contributed by atoms with Gasteiger partial charge in [-0.3, -0.25) is 4.98 Å². The number of hydrogen-bond donors (Lipinski definition) is 1. The number of para-hydroxylation sites is 1. The van der Waals surface area contributed by atoms with E-state index in [9.17, 15) is 0 Å². The predicted molar refractivity (Wildman–Crippen MR) is 74.9 cm³/mol. The van der Waals surface area contributed by atoms with E-state index in [0.29, 0.717) is 12.1 Å². The van der Waals surface area contributed by atoms with Gasteiger partial charge in [0.05, 0.1) is 11.2 Å². The molecule has 0 fully saturated rings. The van der Waals surface area contributed by atoms with Crippen molar-refractivity contribution in [3.63, 3.8) is 0 Å². The van der Waals surface area contributed by atoms with Gasteiger partial charge in [0.2, 0.25) is 0 Å². The third kappa shape index (κ3) is 2.56. The van der Waals surface area contributed by atoms with Crippen molar-refractivity contribution in [2.24, 2.45) is 5.16 Å². The van der Waals surface area contributed by atoms with Crippen LogP contribution in [0.1, 0.15) is 25.8 Å². The van der Waals surface area contributed by atoms with E-state index in [0.717, 1.165) is 22.0 Å². The Morgan fingerprint density at radius 1 is 1.39 bits per heavy atom. The first-order chi connectivity index (χ1) is 8.74. The third-order valence-electron chi connectivity index (χ3n) is 2.91. The topological polar surface area (TPSA) is 45.5 Å². The predicted octanol–water partition coefficient (Wildman–Crippen LogP) is 3.88. The molecule has 1 heterocycles. The average molecular weight is 240 g/mol. The van der Waals surface area contributed by atoms with E-state index in [4.69, 9.17) is 5.21 Å². The summed E-state index contributed by atoms with van der Waals surface area (Å²) in [6.45, 7) is 3.90. The fraction of sp³-hybridized carbons (Fsp3) is 0.200. The Hall–Kier alpha value is -2.16. The van der Waals surface area contributed by atoms with Crippen molar-refractivity contribution in [2.75, 3.05) is 0 Å². The van der Waals surface area contributed by atoms with Crippen molar-refractivity contribution in [1.82, 2.24) is 4.98 Å². The Morgan fingerprint density at radius 2 is 2.17 bits per heavy atom. The lowest BCUT2D eigenvalue weighted by Crippen LogP contribution is -1.97. The molecule has 0 amide bonds. The van der Waals surface area contributed by atoms with Gasteiger partial charge in [-0.1, -0.05) is 30.3 Å². The summed E-state index contributed by atoms with van der Waals surface area (Å²) in [5, 5.41) is 13.3. The standard InChI is InChI=1S/C15H16N2O/c1-3-14(17-18)11(2)8-12-9-13-6-4-5-7-15(13)16-10-12/h4-10,18H,3H2,1-2H3. The van der Waals surface area contributed by atoms with Crippen LogP contribution in [0.4, 0.5) is 0 Å². The number of rotatable bonds is 3. The van der Waals surface area contributed by atoms with Gasteiger partial charge in [0.15, 0.2) is 0 Å². The molecule has 0 saturated carbocycles. The highest BCUT2D eigenvalue weighted by Gasteiger charge is 2.01. The molecule has 3 heteroatoms. The van der Waals surface area contributed by atoms with E-state index in [1.165, 1.54) is 0 Å². The Balaban J connectivity index is 2.40. The van der Waals surface area contributed by atoms with Crippen LogP contribution in [0.15, 0.2) is 47.3 Å². The second-order valence-corrected chi connectivity index (χ2v) is 4.19. The van der Waals surface area contributed by atoms with Crippen molar-refractivity contribution < 1.29 is 5.21 Å². The number of fused-ring (bicyclic) bond motifs is 1. The van der Waals surface area contributed by atoms with Crippen molar-refractivity contribution in [2.45, 2.75) is 20.3 Å². The molecule has 0 aliphatic heterocycles. The molecule has 3 nitrogen and oxygen atoms in total. The summed E-state index contributed by atoms with van der Waals surface area (Å²) in [5.74, 6) is 0. The van der Waals surface area contributed by atoms with Crippen LogP contribution in [-0.4, -0.2) is 15.9 Å². The summed E-state index contributed by atoms with van der Waals surface area (Å²) in [6.07, 6.45) is 4.52. The Labute approximate surface area is 106 Å². The van der Waals surface area contributed by atoms with Gasteiger partial charge in [-0.05, 0) is 42.7 Å². The summed E-state index contributed by atoms with van der Waals surface area (Å²) in [5.41, 5.74) is 3.65. The van der Waals surface area contributed by atoms with Gasteiger partial charge < -0.3 is 5.21 Å². The largest absolute Gasteiger partial charge is 0.411 e. The van der Waals surface area contributed by atoms with Crippen LogP contribution in [-0.2, 0) is 0 Å². The fourth-order valence-corrected chi connectivity index (χ4v) is 1.93. The first kappa shape index (κ1) is 12.3. The van der Waals surface area contributed by atoms with E-state index < -0.39 is 0 Å². The maximum atomic E-state index is 8.88. The maximum Gasteiger partial charge on any atom is 0.0822 e. The molecule has 0 unspecified atom stereocenters. The number of nitrogens with zero attached hydrogens (tertiary/aromatic N) is 2. The van der Waals surface area contributed by atoms with E-state index in [1.54, 1.807) is 0 Å². The van der Waals surface area contributed by atoms with Crippen LogP contribution < -0.4 is 0 Å². The molecular formula is C15H16N2O.